The highest BCUT2D eigenvalue weighted by molar-refractivity contribution is 5.60. The molecule has 1 aromatic carbocycles. The van der Waals surface area contributed by atoms with Gasteiger partial charge in [0.15, 0.2) is 5.82 Å². The lowest BCUT2D eigenvalue weighted by Crippen LogP contribution is -2.12. The normalized spacial score (nSPS) is 22.0. The third-order valence-electron chi connectivity index (χ3n) is 4.33. The Kier molecular flexibility index (Phi) is 3.74. The van der Waals surface area contributed by atoms with Crippen molar-refractivity contribution in [2.75, 3.05) is 0 Å². The van der Waals surface area contributed by atoms with E-state index in [9.17, 15) is 0 Å². The lowest BCUT2D eigenvalue weighted by molar-refractivity contribution is 0.324. The third kappa shape index (κ3) is 2.82. The van der Waals surface area contributed by atoms with E-state index in [4.69, 9.17) is 9.78 Å². The van der Waals surface area contributed by atoms with Crippen LogP contribution in [0.15, 0.2) is 22.7 Å². The second-order valence-electron chi connectivity index (χ2n) is 6.07. The Balaban J connectivity index is 1.86. The van der Waals surface area contributed by atoms with Crippen molar-refractivity contribution < 1.29 is 4.52 Å². The smallest absolute Gasteiger partial charge is 0.258 e. The first-order valence-electron chi connectivity index (χ1n) is 7.52. The van der Waals surface area contributed by atoms with Gasteiger partial charge in [-0.05, 0) is 49.4 Å². The Hall–Kier alpha value is -2.15. The Labute approximate surface area is 124 Å². The van der Waals surface area contributed by atoms with Gasteiger partial charge in [0.1, 0.15) is 0 Å². The molecule has 0 amide bonds. The first-order valence-corrected chi connectivity index (χ1v) is 7.52. The van der Waals surface area contributed by atoms with E-state index in [2.05, 4.69) is 23.1 Å². The molecule has 4 nitrogen and oxygen atoms in total. The molecular weight excluding hydrogens is 262 g/mol. The van der Waals surface area contributed by atoms with E-state index < -0.39 is 0 Å². The average molecular weight is 281 g/mol. The molecular formula is C17H19N3O. The van der Waals surface area contributed by atoms with Crippen molar-refractivity contribution in [3.63, 3.8) is 0 Å². The van der Waals surface area contributed by atoms with Crippen LogP contribution >= 0.6 is 0 Å². The number of benzene rings is 1. The predicted octanol–water partition coefficient (Wildman–Crippen LogP) is 4.21. The number of aromatic nitrogens is 2. The van der Waals surface area contributed by atoms with Gasteiger partial charge in [-0.2, -0.15) is 10.2 Å². The molecule has 1 saturated carbocycles. The zero-order valence-corrected chi connectivity index (χ0v) is 12.5. The van der Waals surface area contributed by atoms with E-state index in [1.165, 1.54) is 12.8 Å². The molecule has 21 heavy (non-hydrogen) atoms. The second kappa shape index (κ2) is 5.69. The van der Waals surface area contributed by atoms with Crippen LogP contribution in [0.2, 0.25) is 0 Å². The number of rotatable bonds is 2. The van der Waals surface area contributed by atoms with Gasteiger partial charge in [0.05, 0.1) is 11.6 Å². The van der Waals surface area contributed by atoms with Crippen LogP contribution in [-0.4, -0.2) is 10.1 Å². The first kappa shape index (κ1) is 13.8. The summed E-state index contributed by atoms with van der Waals surface area (Å²) in [6.45, 7) is 4.25. The quantitative estimate of drug-likeness (QED) is 0.827. The third-order valence-corrected chi connectivity index (χ3v) is 4.33. The monoisotopic (exact) mass is 281 g/mol. The number of aryl methyl sites for hydroxylation is 1. The molecule has 0 N–H and O–H groups in total. The van der Waals surface area contributed by atoms with Crippen molar-refractivity contribution >= 4 is 0 Å². The maximum absolute atomic E-state index is 8.92. The van der Waals surface area contributed by atoms with Crippen molar-refractivity contribution in [3.8, 4) is 17.5 Å². The summed E-state index contributed by atoms with van der Waals surface area (Å²) in [4.78, 5) is 4.59. The standard InChI is InChI=1S/C17H19N3O/c1-11-4-3-5-14(8-11)16-19-17(21-20-16)15-7-6-13(10-18)9-12(15)2/h6-7,9,11,14H,3-5,8H2,1-2H3. The summed E-state index contributed by atoms with van der Waals surface area (Å²) in [5, 5.41) is 13.1. The van der Waals surface area contributed by atoms with Crippen molar-refractivity contribution in [2.24, 2.45) is 5.92 Å². The van der Waals surface area contributed by atoms with Crippen LogP contribution in [-0.2, 0) is 0 Å². The molecule has 1 aliphatic carbocycles. The molecule has 3 rings (SSSR count). The largest absolute Gasteiger partial charge is 0.334 e. The minimum absolute atomic E-state index is 0.421. The maximum atomic E-state index is 8.92. The van der Waals surface area contributed by atoms with Crippen LogP contribution in [0.3, 0.4) is 0 Å². The molecule has 1 aromatic heterocycles. The Morgan fingerprint density at radius 2 is 2.19 bits per heavy atom. The van der Waals surface area contributed by atoms with Crippen molar-refractivity contribution in [2.45, 2.75) is 45.4 Å². The van der Waals surface area contributed by atoms with Gasteiger partial charge in [-0.1, -0.05) is 24.9 Å². The summed E-state index contributed by atoms with van der Waals surface area (Å²) < 4.78 is 5.45. The highest BCUT2D eigenvalue weighted by Gasteiger charge is 2.25. The van der Waals surface area contributed by atoms with E-state index in [1.54, 1.807) is 6.07 Å². The van der Waals surface area contributed by atoms with Crippen molar-refractivity contribution in [3.05, 3.63) is 35.2 Å². The number of hydrogen-bond acceptors (Lipinski definition) is 4. The van der Waals surface area contributed by atoms with Gasteiger partial charge < -0.3 is 4.52 Å². The topological polar surface area (TPSA) is 62.7 Å². The van der Waals surface area contributed by atoms with Gasteiger partial charge in [0, 0.05) is 11.5 Å². The summed E-state index contributed by atoms with van der Waals surface area (Å²) in [6.07, 6.45) is 4.84. The SMILES string of the molecule is Cc1cc(C#N)ccc1-c1nc(C2CCCC(C)C2)no1. The minimum Gasteiger partial charge on any atom is -0.334 e. The number of nitriles is 1. The number of hydrogen-bond donors (Lipinski definition) is 0. The van der Waals surface area contributed by atoms with Crippen LogP contribution < -0.4 is 0 Å². The Bertz CT molecular complexity index is 684. The second-order valence-corrected chi connectivity index (χ2v) is 6.07. The van der Waals surface area contributed by atoms with Crippen LogP contribution in [0.4, 0.5) is 0 Å². The molecule has 108 valence electrons. The van der Waals surface area contributed by atoms with E-state index >= 15 is 0 Å². The molecule has 0 spiro atoms. The van der Waals surface area contributed by atoms with Crippen molar-refractivity contribution in [1.82, 2.24) is 10.1 Å². The minimum atomic E-state index is 0.421. The molecule has 2 atom stereocenters. The fraction of sp³-hybridized carbons (Fsp3) is 0.471. The number of nitrogens with zero attached hydrogens (tertiary/aromatic N) is 3. The van der Waals surface area contributed by atoms with Crippen LogP contribution in [0.1, 0.15) is 55.5 Å². The van der Waals surface area contributed by atoms with E-state index in [0.717, 1.165) is 35.7 Å². The molecule has 4 heteroatoms. The fourth-order valence-electron chi connectivity index (χ4n) is 3.15. The van der Waals surface area contributed by atoms with E-state index in [-0.39, 0.29) is 0 Å². The Morgan fingerprint density at radius 1 is 1.33 bits per heavy atom. The summed E-state index contributed by atoms with van der Waals surface area (Å²) in [6, 6.07) is 7.66. The predicted molar refractivity (Wildman–Crippen MR) is 79.6 cm³/mol. The highest BCUT2D eigenvalue weighted by atomic mass is 16.5. The summed E-state index contributed by atoms with van der Waals surface area (Å²) >= 11 is 0. The zero-order chi connectivity index (χ0) is 14.8. The molecule has 2 unspecified atom stereocenters. The molecule has 2 aromatic rings. The van der Waals surface area contributed by atoms with Gasteiger partial charge in [0.25, 0.3) is 5.89 Å². The zero-order valence-electron chi connectivity index (χ0n) is 12.5. The Morgan fingerprint density at radius 3 is 2.90 bits per heavy atom. The summed E-state index contributed by atoms with van der Waals surface area (Å²) in [5.41, 5.74) is 2.55. The molecule has 1 aliphatic rings. The van der Waals surface area contributed by atoms with Crippen molar-refractivity contribution in [1.29, 1.82) is 5.26 Å². The fourth-order valence-corrected chi connectivity index (χ4v) is 3.15. The van der Waals surface area contributed by atoms with Gasteiger partial charge >= 0.3 is 0 Å². The molecule has 0 saturated heterocycles. The lowest BCUT2D eigenvalue weighted by atomic mass is 9.82. The van der Waals surface area contributed by atoms with Crippen LogP contribution in [0.5, 0.6) is 0 Å². The molecule has 0 aliphatic heterocycles. The first-order chi connectivity index (χ1) is 10.2. The lowest BCUT2D eigenvalue weighted by Gasteiger charge is -2.23. The van der Waals surface area contributed by atoms with Crippen LogP contribution in [0.25, 0.3) is 11.5 Å². The van der Waals surface area contributed by atoms with E-state index in [0.29, 0.717) is 17.4 Å². The average Bonchev–Trinajstić information content (AvgIpc) is 2.96. The summed E-state index contributed by atoms with van der Waals surface area (Å²) in [5.74, 6) is 2.55. The maximum Gasteiger partial charge on any atom is 0.258 e. The molecule has 0 bridgehead atoms. The van der Waals surface area contributed by atoms with Gasteiger partial charge in [-0.25, -0.2) is 0 Å². The highest BCUT2D eigenvalue weighted by Crippen LogP contribution is 2.35. The molecule has 1 fully saturated rings. The van der Waals surface area contributed by atoms with Crippen LogP contribution in [0, 0.1) is 24.2 Å². The van der Waals surface area contributed by atoms with Gasteiger partial charge in [0.2, 0.25) is 0 Å². The molecule has 0 radical (unpaired) electrons. The van der Waals surface area contributed by atoms with Gasteiger partial charge in [-0.3, -0.25) is 0 Å². The summed E-state index contributed by atoms with van der Waals surface area (Å²) in [7, 11) is 0. The van der Waals surface area contributed by atoms with Gasteiger partial charge in [-0.15, -0.1) is 0 Å². The molecule has 1 heterocycles. The van der Waals surface area contributed by atoms with E-state index in [1.807, 2.05) is 19.1 Å².